The first-order valence-corrected chi connectivity index (χ1v) is 9.72. The number of nitrogens with zero attached hydrogens (tertiary/aromatic N) is 4. The molecular formula is C18H23N7O3. The summed E-state index contributed by atoms with van der Waals surface area (Å²) >= 11 is 0. The van der Waals surface area contributed by atoms with Crippen molar-refractivity contribution in [2.75, 3.05) is 23.8 Å². The fourth-order valence-corrected chi connectivity index (χ4v) is 3.50. The lowest BCUT2D eigenvalue weighted by molar-refractivity contribution is -0.117. The van der Waals surface area contributed by atoms with Crippen LogP contribution < -0.4 is 16.0 Å². The maximum absolute atomic E-state index is 12.0. The summed E-state index contributed by atoms with van der Waals surface area (Å²) in [7, 11) is 0. The van der Waals surface area contributed by atoms with Crippen LogP contribution in [-0.4, -0.2) is 62.1 Å². The number of hydrogen-bond donors (Lipinski definition) is 4. The normalized spacial score (nSPS) is 24.7. The van der Waals surface area contributed by atoms with Gasteiger partial charge in [-0.3, -0.25) is 4.79 Å². The largest absolute Gasteiger partial charge is 0.381 e. The first-order valence-electron chi connectivity index (χ1n) is 9.72. The zero-order valence-corrected chi connectivity index (χ0v) is 15.4. The van der Waals surface area contributed by atoms with Crippen LogP contribution in [0.2, 0.25) is 0 Å². The van der Waals surface area contributed by atoms with Crippen molar-refractivity contribution in [2.24, 2.45) is 0 Å². The van der Waals surface area contributed by atoms with Gasteiger partial charge in [-0.2, -0.15) is 19.6 Å². The lowest BCUT2D eigenvalue weighted by Crippen LogP contribution is -2.29. The summed E-state index contributed by atoms with van der Waals surface area (Å²) in [5.41, 5.74) is 1.85. The number of aromatic nitrogens is 4. The zero-order valence-electron chi connectivity index (χ0n) is 15.4. The Balaban J connectivity index is 1.51. The van der Waals surface area contributed by atoms with Crippen molar-refractivity contribution in [3.8, 4) is 0 Å². The average Bonchev–Trinajstić information content (AvgIpc) is 3.32. The molecule has 3 fully saturated rings. The van der Waals surface area contributed by atoms with E-state index in [-0.39, 0.29) is 18.4 Å². The van der Waals surface area contributed by atoms with Crippen LogP contribution >= 0.6 is 0 Å². The Bertz CT molecular complexity index is 931. The van der Waals surface area contributed by atoms with Gasteiger partial charge >= 0.3 is 0 Å². The van der Waals surface area contributed by atoms with Gasteiger partial charge in [0, 0.05) is 42.9 Å². The number of nitrogens with one attached hydrogen (secondary N) is 3. The van der Waals surface area contributed by atoms with Crippen molar-refractivity contribution in [1.82, 2.24) is 24.9 Å². The van der Waals surface area contributed by atoms with Gasteiger partial charge in [0.15, 0.2) is 5.65 Å². The molecule has 1 saturated carbocycles. The molecule has 2 aromatic heterocycles. The number of ether oxygens (including phenoxy) is 1. The Kier molecular flexibility index (Phi) is 4.36. The average molecular weight is 385 g/mol. The van der Waals surface area contributed by atoms with E-state index in [0.29, 0.717) is 29.2 Å². The van der Waals surface area contributed by atoms with Crippen molar-refractivity contribution in [1.29, 1.82) is 0 Å². The fourth-order valence-electron chi connectivity index (χ4n) is 3.50. The van der Waals surface area contributed by atoms with E-state index in [1.807, 2.05) is 0 Å². The second-order valence-corrected chi connectivity index (χ2v) is 7.52. The van der Waals surface area contributed by atoms with E-state index in [4.69, 9.17) is 4.74 Å². The van der Waals surface area contributed by atoms with Crippen molar-refractivity contribution in [3.05, 3.63) is 17.3 Å². The molecule has 4 heterocycles. The van der Waals surface area contributed by atoms with E-state index < -0.39 is 6.23 Å². The highest BCUT2D eigenvalue weighted by molar-refractivity contribution is 6.00. The summed E-state index contributed by atoms with van der Waals surface area (Å²) in [4.78, 5) is 21.3. The molecule has 1 aliphatic carbocycles. The van der Waals surface area contributed by atoms with Crippen LogP contribution in [-0.2, 0) is 9.53 Å². The minimum atomic E-state index is -0.840. The lowest BCUT2D eigenvalue weighted by atomic mass is 10.1. The Labute approximate surface area is 161 Å². The molecule has 0 bridgehead atoms. The van der Waals surface area contributed by atoms with Crippen molar-refractivity contribution >= 4 is 29.5 Å². The van der Waals surface area contributed by atoms with E-state index in [9.17, 15) is 9.90 Å². The summed E-state index contributed by atoms with van der Waals surface area (Å²) in [6.45, 7) is 1.46. The maximum atomic E-state index is 12.0. The minimum absolute atomic E-state index is 0.265. The van der Waals surface area contributed by atoms with Gasteiger partial charge in [-0.25, -0.2) is 0 Å². The lowest BCUT2D eigenvalue weighted by Gasteiger charge is -2.23. The summed E-state index contributed by atoms with van der Waals surface area (Å²) in [6, 6.07) is 0.682. The second-order valence-electron chi connectivity index (χ2n) is 7.52. The van der Waals surface area contributed by atoms with Gasteiger partial charge in [0.2, 0.25) is 17.8 Å². The topological polar surface area (TPSA) is 126 Å². The number of carbonyl (C=O) groups is 1. The van der Waals surface area contributed by atoms with Gasteiger partial charge in [-0.1, -0.05) is 0 Å². The van der Waals surface area contributed by atoms with Crippen molar-refractivity contribution in [3.63, 3.8) is 0 Å². The Morgan fingerprint density at radius 3 is 2.68 bits per heavy atom. The monoisotopic (exact) mass is 385 g/mol. The predicted octanol–water partition coefficient (Wildman–Crippen LogP) is 0.511. The number of fused-ring (bicyclic) bond motifs is 1. The molecule has 10 heteroatoms. The highest BCUT2D eigenvalue weighted by Crippen LogP contribution is 2.26. The highest BCUT2D eigenvalue weighted by atomic mass is 16.5. The SMILES string of the molecule is O=C1NC(O)CC1=Cc1cnn2c(NC3CC3)nc(NC3CCOCC3)nc12. The number of hydrogen-bond acceptors (Lipinski definition) is 8. The quantitative estimate of drug-likeness (QED) is 0.549. The number of aliphatic hydroxyl groups is 1. The van der Waals surface area contributed by atoms with Gasteiger partial charge in [0.05, 0.1) is 6.20 Å². The van der Waals surface area contributed by atoms with Crippen LogP contribution in [0.25, 0.3) is 11.7 Å². The van der Waals surface area contributed by atoms with Gasteiger partial charge in [0.1, 0.15) is 6.23 Å². The number of anilines is 2. The Hall–Kier alpha value is -2.72. The van der Waals surface area contributed by atoms with E-state index >= 15 is 0 Å². The summed E-state index contributed by atoms with van der Waals surface area (Å²) in [6.07, 6.45) is 6.89. The zero-order chi connectivity index (χ0) is 19.1. The first kappa shape index (κ1) is 17.4. The van der Waals surface area contributed by atoms with Crippen LogP contribution in [0.5, 0.6) is 0 Å². The third-order valence-corrected chi connectivity index (χ3v) is 5.19. The van der Waals surface area contributed by atoms with Gasteiger partial charge in [-0.05, 0) is 31.8 Å². The van der Waals surface area contributed by atoms with Crippen molar-refractivity contribution in [2.45, 2.75) is 50.4 Å². The molecule has 148 valence electrons. The smallest absolute Gasteiger partial charge is 0.249 e. The van der Waals surface area contributed by atoms with E-state index in [1.54, 1.807) is 16.8 Å². The van der Waals surface area contributed by atoms with E-state index in [1.165, 1.54) is 0 Å². The number of amides is 1. The molecule has 2 aromatic rings. The Morgan fingerprint density at radius 1 is 1.18 bits per heavy atom. The number of aliphatic hydroxyl groups excluding tert-OH is 1. The molecule has 28 heavy (non-hydrogen) atoms. The van der Waals surface area contributed by atoms with Gasteiger partial charge in [-0.15, -0.1) is 0 Å². The van der Waals surface area contributed by atoms with E-state index in [2.05, 4.69) is 31.0 Å². The molecular weight excluding hydrogens is 362 g/mol. The summed E-state index contributed by atoms with van der Waals surface area (Å²) in [5.74, 6) is 0.916. The van der Waals surface area contributed by atoms with Gasteiger partial charge in [0.25, 0.3) is 0 Å². The molecule has 0 spiro atoms. The molecule has 1 amide bonds. The standard InChI is InChI=1S/C18H23N7O3/c26-14-8-10(16(27)22-14)7-11-9-19-25-15(11)23-17(20-13-3-5-28-6-4-13)24-18(25)21-12-1-2-12/h7,9,12-14,26H,1-6,8H2,(H,22,27)(H2,20,21,23,24). The minimum Gasteiger partial charge on any atom is -0.381 e. The summed E-state index contributed by atoms with van der Waals surface area (Å²) < 4.78 is 7.09. The maximum Gasteiger partial charge on any atom is 0.249 e. The molecule has 10 nitrogen and oxygen atoms in total. The van der Waals surface area contributed by atoms with Crippen LogP contribution in [0.15, 0.2) is 11.8 Å². The second kappa shape index (κ2) is 7.02. The molecule has 1 unspecified atom stereocenters. The van der Waals surface area contributed by atoms with Crippen LogP contribution in [0, 0.1) is 0 Å². The fraction of sp³-hybridized carbons (Fsp3) is 0.556. The molecule has 3 aliphatic rings. The van der Waals surface area contributed by atoms with Gasteiger partial charge < -0.3 is 25.8 Å². The van der Waals surface area contributed by atoms with E-state index in [0.717, 1.165) is 44.5 Å². The third kappa shape index (κ3) is 3.52. The first-order chi connectivity index (χ1) is 13.7. The molecule has 2 aliphatic heterocycles. The number of carbonyl (C=O) groups excluding carboxylic acids is 1. The van der Waals surface area contributed by atoms with Crippen LogP contribution in [0.4, 0.5) is 11.9 Å². The highest BCUT2D eigenvalue weighted by Gasteiger charge is 2.26. The molecule has 0 radical (unpaired) electrons. The third-order valence-electron chi connectivity index (χ3n) is 5.19. The number of rotatable bonds is 5. The van der Waals surface area contributed by atoms with Crippen molar-refractivity contribution < 1.29 is 14.6 Å². The molecule has 1 atom stereocenters. The van der Waals surface area contributed by atoms with Crippen LogP contribution in [0.3, 0.4) is 0 Å². The molecule has 5 rings (SSSR count). The molecule has 4 N–H and O–H groups in total. The molecule has 0 aromatic carbocycles. The molecule has 2 saturated heterocycles. The predicted molar refractivity (Wildman–Crippen MR) is 102 cm³/mol. The Morgan fingerprint density at radius 2 is 1.96 bits per heavy atom. The summed E-state index contributed by atoms with van der Waals surface area (Å²) in [5, 5.41) is 23.4. The van der Waals surface area contributed by atoms with Crippen LogP contribution in [0.1, 0.15) is 37.7 Å².